The summed E-state index contributed by atoms with van der Waals surface area (Å²) in [6, 6.07) is 10.8. The summed E-state index contributed by atoms with van der Waals surface area (Å²) in [4.78, 5) is 16.0. The second kappa shape index (κ2) is 11.3. The van der Waals surface area contributed by atoms with Gasteiger partial charge in [0.25, 0.3) is 0 Å². The first-order valence-electron chi connectivity index (χ1n) is 9.04. The third-order valence-corrected chi connectivity index (χ3v) is 4.64. The van der Waals surface area contributed by atoms with E-state index in [1.54, 1.807) is 0 Å². The standard InChI is InChI=1S/C19H30N4O.HI/c1-3-20-17(24)14-22-18(21-4-2)23-15-19(12-8-9-13-19)16-10-6-5-7-11-16;/h5-7,10-11H,3-4,8-9,12-15H2,1-2H3,(H,20,24)(H2,21,22,23);1H. The van der Waals surface area contributed by atoms with Crippen LogP contribution in [-0.4, -0.2) is 38.0 Å². The van der Waals surface area contributed by atoms with E-state index in [2.05, 4.69) is 51.3 Å². The van der Waals surface area contributed by atoms with Gasteiger partial charge in [0.05, 0.1) is 0 Å². The highest BCUT2D eigenvalue weighted by atomic mass is 127. The number of carbonyl (C=O) groups is 1. The monoisotopic (exact) mass is 458 g/mol. The van der Waals surface area contributed by atoms with Crippen molar-refractivity contribution in [3.8, 4) is 0 Å². The second-order valence-corrected chi connectivity index (χ2v) is 6.36. The van der Waals surface area contributed by atoms with Gasteiger partial charge >= 0.3 is 0 Å². The molecule has 140 valence electrons. The van der Waals surface area contributed by atoms with Crippen molar-refractivity contribution in [2.45, 2.75) is 44.9 Å². The van der Waals surface area contributed by atoms with Crippen molar-refractivity contribution in [3.05, 3.63) is 35.9 Å². The van der Waals surface area contributed by atoms with Gasteiger partial charge in [0.15, 0.2) is 5.96 Å². The van der Waals surface area contributed by atoms with Crippen LogP contribution in [-0.2, 0) is 10.2 Å². The average Bonchev–Trinajstić information content (AvgIpc) is 3.09. The van der Waals surface area contributed by atoms with Crippen LogP contribution >= 0.6 is 24.0 Å². The van der Waals surface area contributed by atoms with Crippen molar-refractivity contribution in [3.63, 3.8) is 0 Å². The van der Waals surface area contributed by atoms with Gasteiger partial charge < -0.3 is 16.0 Å². The molecular formula is C19H31IN4O. The van der Waals surface area contributed by atoms with Gasteiger partial charge in [-0.1, -0.05) is 43.2 Å². The van der Waals surface area contributed by atoms with Crippen molar-refractivity contribution in [1.29, 1.82) is 0 Å². The van der Waals surface area contributed by atoms with E-state index in [-0.39, 0.29) is 41.8 Å². The zero-order chi connectivity index (χ0) is 17.3. The van der Waals surface area contributed by atoms with Crippen LogP contribution in [0, 0.1) is 0 Å². The van der Waals surface area contributed by atoms with Gasteiger partial charge in [0.2, 0.25) is 5.91 Å². The molecule has 1 saturated carbocycles. The van der Waals surface area contributed by atoms with Crippen molar-refractivity contribution in [2.24, 2.45) is 4.99 Å². The summed E-state index contributed by atoms with van der Waals surface area (Å²) < 4.78 is 0. The van der Waals surface area contributed by atoms with Gasteiger partial charge in [0, 0.05) is 25.0 Å². The number of hydrogen-bond acceptors (Lipinski definition) is 2. The average molecular weight is 458 g/mol. The van der Waals surface area contributed by atoms with Gasteiger partial charge in [0.1, 0.15) is 6.54 Å². The molecule has 1 aliphatic carbocycles. The lowest BCUT2D eigenvalue weighted by atomic mass is 9.79. The molecule has 0 atom stereocenters. The second-order valence-electron chi connectivity index (χ2n) is 6.36. The Morgan fingerprint density at radius 1 is 1.04 bits per heavy atom. The molecule has 0 unspecified atom stereocenters. The number of aliphatic imine (C=N–C) groups is 1. The molecule has 5 nitrogen and oxygen atoms in total. The van der Waals surface area contributed by atoms with E-state index in [0.29, 0.717) is 12.5 Å². The molecule has 1 aromatic rings. The van der Waals surface area contributed by atoms with Crippen LogP contribution in [0.5, 0.6) is 0 Å². The summed E-state index contributed by atoms with van der Waals surface area (Å²) in [5.74, 6) is 0.666. The third-order valence-electron chi connectivity index (χ3n) is 4.64. The molecule has 1 fully saturated rings. The molecule has 1 amide bonds. The molecule has 0 spiro atoms. The smallest absolute Gasteiger partial charge is 0.241 e. The molecule has 0 aliphatic heterocycles. The predicted octanol–water partition coefficient (Wildman–Crippen LogP) is 2.81. The highest BCUT2D eigenvalue weighted by Gasteiger charge is 2.35. The fourth-order valence-corrected chi connectivity index (χ4v) is 3.41. The predicted molar refractivity (Wildman–Crippen MR) is 115 cm³/mol. The number of carbonyl (C=O) groups excluding carboxylic acids is 1. The van der Waals surface area contributed by atoms with Crippen molar-refractivity contribution in [2.75, 3.05) is 26.2 Å². The summed E-state index contributed by atoms with van der Waals surface area (Å²) in [6.45, 7) is 6.36. The number of rotatable bonds is 7. The van der Waals surface area contributed by atoms with E-state index in [1.165, 1.54) is 31.2 Å². The summed E-state index contributed by atoms with van der Waals surface area (Å²) in [5, 5.41) is 9.46. The van der Waals surface area contributed by atoms with E-state index in [0.717, 1.165) is 13.1 Å². The molecule has 0 aromatic heterocycles. The number of hydrogen-bond donors (Lipinski definition) is 3. The van der Waals surface area contributed by atoms with Crippen LogP contribution in [0.1, 0.15) is 45.1 Å². The molecule has 3 N–H and O–H groups in total. The van der Waals surface area contributed by atoms with Gasteiger partial charge in [-0.2, -0.15) is 0 Å². The number of benzene rings is 1. The maximum absolute atomic E-state index is 11.6. The fourth-order valence-electron chi connectivity index (χ4n) is 3.41. The maximum Gasteiger partial charge on any atom is 0.241 e. The molecule has 1 aromatic carbocycles. The number of nitrogens with zero attached hydrogens (tertiary/aromatic N) is 1. The molecule has 6 heteroatoms. The van der Waals surface area contributed by atoms with E-state index in [4.69, 9.17) is 0 Å². The molecule has 25 heavy (non-hydrogen) atoms. The Hall–Kier alpha value is -1.31. The van der Waals surface area contributed by atoms with Crippen LogP contribution in [0.4, 0.5) is 0 Å². The minimum atomic E-state index is -0.0478. The maximum atomic E-state index is 11.6. The lowest BCUT2D eigenvalue weighted by Gasteiger charge is -2.30. The summed E-state index contributed by atoms with van der Waals surface area (Å²) >= 11 is 0. The number of likely N-dealkylation sites (N-methyl/N-ethyl adjacent to an activating group) is 1. The van der Waals surface area contributed by atoms with Crippen LogP contribution in [0.2, 0.25) is 0 Å². The minimum absolute atomic E-state index is 0. The topological polar surface area (TPSA) is 65.5 Å². The number of guanidine groups is 1. The normalized spacial score (nSPS) is 16.0. The van der Waals surface area contributed by atoms with E-state index in [9.17, 15) is 4.79 Å². The number of amides is 1. The number of nitrogens with one attached hydrogen (secondary N) is 3. The lowest BCUT2D eigenvalue weighted by Crippen LogP contribution is -2.45. The molecule has 0 saturated heterocycles. The van der Waals surface area contributed by atoms with Gasteiger partial charge in [-0.3, -0.25) is 4.79 Å². The van der Waals surface area contributed by atoms with Gasteiger partial charge in [-0.15, -0.1) is 24.0 Å². The Morgan fingerprint density at radius 2 is 1.68 bits per heavy atom. The Balaban J connectivity index is 0.00000312. The highest BCUT2D eigenvalue weighted by Crippen LogP contribution is 2.40. The van der Waals surface area contributed by atoms with Gasteiger partial charge in [-0.25, -0.2) is 4.99 Å². The van der Waals surface area contributed by atoms with E-state index in [1.807, 2.05) is 13.8 Å². The first-order chi connectivity index (χ1) is 11.7. The molecular weight excluding hydrogens is 427 g/mol. The van der Waals surface area contributed by atoms with Crippen molar-refractivity contribution >= 4 is 35.8 Å². The lowest BCUT2D eigenvalue weighted by molar-refractivity contribution is -0.119. The first-order valence-corrected chi connectivity index (χ1v) is 9.04. The van der Waals surface area contributed by atoms with Gasteiger partial charge in [-0.05, 0) is 32.3 Å². The molecule has 0 heterocycles. The Labute approximate surface area is 168 Å². The van der Waals surface area contributed by atoms with E-state index >= 15 is 0 Å². The van der Waals surface area contributed by atoms with Crippen LogP contribution < -0.4 is 16.0 Å². The SMILES string of the molecule is CCNC(=O)CN=C(NCC)NCC1(c2ccccc2)CCCC1.I. The summed E-state index contributed by atoms with van der Waals surface area (Å²) in [5.41, 5.74) is 1.57. The van der Waals surface area contributed by atoms with Crippen molar-refractivity contribution < 1.29 is 4.79 Å². The Kier molecular flexibility index (Phi) is 9.85. The Bertz CT molecular complexity index is 542. The largest absolute Gasteiger partial charge is 0.357 e. The van der Waals surface area contributed by atoms with Crippen LogP contribution in [0.25, 0.3) is 0 Å². The third kappa shape index (κ3) is 6.49. The number of halogens is 1. The van der Waals surface area contributed by atoms with E-state index < -0.39 is 0 Å². The van der Waals surface area contributed by atoms with Crippen LogP contribution in [0.15, 0.2) is 35.3 Å². The molecule has 0 radical (unpaired) electrons. The molecule has 0 bridgehead atoms. The van der Waals surface area contributed by atoms with Crippen molar-refractivity contribution in [1.82, 2.24) is 16.0 Å². The highest BCUT2D eigenvalue weighted by molar-refractivity contribution is 14.0. The minimum Gasteiger partial charge on any atom is -0.357 e. The fraction of sp³-hybridized carbons (Fsp3) is 0.579. The zero-order valence-corrected chi connectivity index (χ0v) is 17.6. The molecule has 1 aliphatic rings. The summed E-state index contributed by atoms with van der Waals surface area (Å²) in [6.07, 6.45) is 4.92. The zero-order valence-electron chi connectivity index (χ0n) is 15.3. The summed E-state index contributed by atoms with van der Waals surface area (Å²) in [7, 11) is 0. The molecule has 2 rings (SSSR count). The first kappa shape index (κ1) is 21.7. The quantitative estimate of drug-likeness (QED) is 0.335. The van der Waals surface area contributed by atoms with Crippen LogP contribution in [0.3, 0.4) is 0 Å². The Morgan fingerprint density at radius 3 is 2.28 bits per heavy atom.